The maximum absolute atomic E-state index is 11.9. The summed E-state index contributed by atoms with van der Waals surface area (Å²) in [5.41, 5.74) is 13.8. The molecule has 2 aliphatic rings. The lowest BCUT2D eigenvalue weighted by Crippen LogP contribution is -2.52. The number of likely N-dealkylation sites (tertiary alicyclic amines) is 1. The Kier molecular flexibility index (Phi) is 4.54. The van der Waals surface area contributed by atoms with E-state index in [1.165, 1.54) is 48.9 Å². The molecule has 1 spiro atoms. The second kappa shape index (κ2) is 6.85. The predicted molar refractivity (Wildman–Crippen MR) is 103 cm³/mol. The standard InChI is InChI=1S/C20H27N5O/c21-16-13-20(14-16)7-11-24(12-8-20)9-5-15-1-3-17(4-2-15)25-10-6-18(22)23-19(25)26/h1-4,6,10,16H,5,7-9,11-14,21H2,(H2,22,23,26). The van der Waals surface area contributed by atoms with Crippen LogP contribution in [0.5, 0.6) is 0 Å². The van der Waals surface area contributed by atoms with Gasteiger partial charge in [-0.1, -0.05) is 12.1 Å². The van der Waals surface area contributed by atoms with Crippen molar-refractivity contribution in [2.75, 3.05) is 25.4 Å². The fraction of sp³-hybridized carbons (Fsp3) is 0.500. The molecule has 1 aromatic heterocycles. The lowest BCUT2D eigenvalue weighted by Gasteiger charge is -2.51. The minimum Gasteiger partial charge on any atom is -0.383 e. The number of hydrogen-bond acceptors (Lipinski definition) is 5. The van der Waals surface area contributed by atoms with Gasteiger partial charge in [0, 0.05) is 18.8 Å². The van der Waals surface area contributed by atoms with E-state index in [0.717, 1.165) is 18.7 Å². The first-order valence-electron chi connectivity index (χ1n) is 9.46. The van der Waals surface area contributed by atoms with E-state index in [1.807, 2.05) is 12.1 Å². The molecule has 138 valence electrons. The first kappa shape index (κ1) is 17.2. The van der Waals surface area contributed by atoms with Crippen LogP contribution in [-0.4, -0.2) is 40.1 Å². The van der Waals surface area contributed by atoms with Crippen molar-refractivity contribution in [3.63, 3.8) is 0 Å². The smallest absolute Gasteiger partial charge is 0.354 e. The van der Waals surface area contributed by atoms with Crippen LogP contribution < -0.4 is 17.2 Å². The van der Waals surface area contributed by atoms with Gasteiger partial charge in [0.25, 0.3) is 0 Å². The highest BCUT2D eigenvalue weighted by Crippen LogP contribution is 2.48. The van der Waals surface area contributed by atoms with Gasteiger partial charge in [0.1, 0.15) is 5.82 Å². The van der Waals surface area contributed by atoms with Crippen LogP contribution in [0.25, 0.3) is 5.69 Å². The molecule has 0 radical (unpaired) electrons. The zero-order valence-electron chi connectivity index (χ0n) is 15.1. The number of piperidine rings is 1. The number of rotatable bonds is 4. The first-order valence-corrected chi connectivity index (χ1v) is 9.46. The van der Waals surface area contributed by atoms with Crippen molar-refractivity contribution in [2.45, 2.75) is 38.1 Å². The van der Waals surface area contributed by atoms with Gasteiger partial charge in [0.2, 0.25) is 0 Å². The molecular weight excluding hydrogens is 326 g/mol. The maximum Gasteiger partial charge on any atom is 0.354 e. The summed E-state index contributed by atoms with van der Waals surface area (Å²) in [6.45, 7) is 3.47. The lowest BCUT2D eigenvalue weighted by molar-refractivity contribution is 0.0185. The Labute approximate surface area is 153 Å². The van der Waals surface area contributed by atoms with Gasteiger partial charge in [-0.25, -0.2) is 4.79 Å². The summed E-state index contributed by atoms with van der Waals surface area (Å²) in [6.07, 6.45) is 7.74. The van der Waals surface area contributed by atoms with Crippen LogP contribution in [-0.2, 0) is 6.42 Å². The van der Waals surface area contributed by atoms with Crippen LogP contribution in [0.3, 0.4) is 0 Å². The highest BCUT2D eigenvalue weighted by Gasteiger charge is 2.43. The summed E-state index contributed by atoms with van der Waals surface area (Å²) < 4.78 is 1.51. The molecule has 2 aromatic rings. The van der Waals surface area contributed by atoms with Gasteiger partial charge in [0.05, 0.1) is 5.69 Å². The molecule has 1 aliphatic carbocycles. The van der Waals surface area contributed by atoms with Crippen LogP contribution >= 0.6 is 0 Å². The fourth-order valence-electron chi connectivity index (χ4n) is 4.43. The molecule has 26 heavy (non-hydrogen) atoms. The van der Waals surface area contributed by atoms with Crippen molar-refractivity contribution < 1.29 is 0 Å². The van der Waals surface area contributed by atoms with E-state index in [4.69, 9.17) is 11.5 Å². The second-order valence-corrected chi connectivity index (χ2v) is 7.93. The number of nitrogen functional groups attached to an aromatic ring is 1. The van der Waals surface area contributed by atoms with Gasteiger partial charge in [-0.05, 0) is 74.4 Å². The minimum atomic E-state index is -0.351. The normalized spacial score (nSPS) is 20.2. The number of benzene rings is 1. The molecule has 6 nitrogen and oxygen atoms in total. The molecule has 2 heterocycles. The van der Waals surface area contributed by atoms with E-state index in [-0.39, 0.29) is 11.5 Å². The third-order valence-corrected chi connectivity index (χ3v) is 6.06. The molecule has 1 aliphatic heterocycles. The Hall–Kier alpha value is -2.18. The Morgan fingerprint density at radius 2 is 1.81 bits per heavy atom. The zero-order valence-corrected chi connectivity index (χ0v) is 15.1. The summed E-state index contributed by atoms with van der Waals surface area (Å²) in [5, 5.41) is 0. The fourth-order valence-corrected chi connectivity index (χ4v) is 4.43. The van der Waals surface area contributed by atoms with Crippen LogP contribution in [0.2, 0.25) is 0 Å². The average Bonchev–Trinajstić information content (AvgIpc) is 2.61. The van der Waals surface area contributed by atoms with Crippen LogP contribution in [0, 0.1) is 5.41 Å². The predicted octanol–water partition coefficient (Wildman–Crippen LogP) is 1.56. The van der Waals surface area contributed by atoms with Gasteiger partial charge in [-0.2, -0.15) is 4.98 Å². The molecule has 6 heteroatoms. The quantitative estimate of drug-likeness (QED) is 0.871. The molecule has 1 aromatic carbocycles. The molecular formula is C20H27N5O. The highest BCUT2D eigenvalue weighted by molar-refractivity contribution is 5.36. The van der Waals surface area contributed by atoms with Gasteiger partial charge < -0.3 is 16.4 Å². The SMILES string of the molecule is Nc1ccn(-c2ccc(CCN3CCC4(CC3)CC(N)C4)cc2)c(=O)n1. The number of nitrogens with two attached hydrogens (primary N) is 2. The minimum absolute atomic E-state index is 0.245. The molecule has 1 saturated heterocycles. The van der Waals surface area contributed by atoms with E-state index in [2.05, 4.69) is 22.0 Å². The maximum atomic E-state index is 11.9. The third kappa shape index (κ3) is 3.52. The van der Waals surface area contributed by atoms with Crippen molar-refractivity contribution >= 4 is 5.82 Å². The summed E-state index contributed by atoms with van der Waals surface area (Å²) in [7, 11) is 0. The summed E-state index contributed by atoms with van der Waals surface area (Å²) in [6, 6.07) is 10.2. The van der Waals surface area contributed by atoms with E-state index < -0.39 is 0 Å². The second-order valence-electron chi connectivity index (χ2n) is 7.93. The largest absolute Gasteiger partial charge is 0.383 e. The monoisotopic (exact) mass is 353 g/mol. The van der Waals surface area contributed by atoms with Crippen LogP contribution in [0.1, 0.15) is 31.2 Å². The molecule has 4 rings (SSSR count). The summed E-state index contributed by atoms with van der Waals surface area (Å²) >= 11 is 0. The van der Waals surface area contributed by atoms with Crippen molar-refractivity contribution in [3.8, 4) is 5.69 Å². The Morgan fingerprint density at radius 1 is 1.12 bits per heavy atom. The number of hydrogen-bond donors (Lipinski definition) is 2. The van der Waals surface area contributed by atoms with Gasteiger partial charge >= 0.3 is 5.69 Å². The van der Waals surface area contributed by atoms with Crippen LogP contribution in [0.15, 0.2) is 41.3 Å². The van der Waals surface area contributed by atoms with Gasteiger partial charge in [-0.3, -0.25) is 4.57 Å². The molecule has 0 amide bonds. The lowest BCUT2D eigenvalue weighted by atomic mass is 9.61. The third-order valence-electron chi connectivity index (χ3n) is 6.06. The molecule has 0 atom stereocenters. The van der Waals surface area contributed by atoms with Crippen molar-refractivity contribution in [1.29, 1.82) is 0 Å². The van der Waals surface area contributed by atoms with Gasteiger partial charge in [0.15, 0.2) is 0 Å². The van der Waals surface area contributed by atoms with E-state index in [1.54, 1.807) is 12.3 Å². The Morgan fingerprint density at radius 3 is 2.42 bits per heavy atom. The highest BCUT2D eigenvalue weighted by atomic mass is 16.1. The van der Waals surface area contributed by atoms with Crippen molar-refractivity contribution in [1.82, 2.24) is 14.5 Å². The molecule has 4 N–H and O–H groups in total. The number of anilines is 1. The summed E-state index contributed by atoms with van der Waals surface area (Å²) in [5.74, 6) is 0.245. The molecule has 2 fully saturated rings. The Bertz CT molecular complexity index is 813. The Balaban J connectivity index is 1.31. The molecule has 1 saturated carbocycles. The van der Waals surface area contributed by atoms with Gasteiger partial charge in [-0.15, -0.1) is 0 Å². The van der Waals surface area contributed by atoms with E-state index in [9.17, 15) is 4.79 Å². The number of nitrogens with zero attached hydrogens (tertiary/aromatic N) is 3. The summed E-state index contributed by atoms with van der Waals surface area (Å²) in [4.78, 5) is 18.3. The van der Waals surface area contributed by atoms with E-state index >= 15 is 0 Å². The number of aromatic nitrogens is 2. The zero-order chi connectivity index (χ0) is 18.1. The van der Waals surface area contributed by atoms with Crippen molar-refractivity contribution in [2.24, 2.45) is 11.1 Å². The molecule has 0 bridgehead atoms. The van der Waals surface area contributed by atoms with E-state index in [0.29, 0.717) is 11.5 Å². The van der Waals surface area contributed by atoms with Crippen LogP contribution in [0.4, 0.5) is 5.82 Å². The first-order chi connectivity index (χ1) is 12.5. The molecule has 0 unspecified atom stereocenters. The van der Waals surface area contributed by atoms with Crippen molar-refractivity contribution in [3.05, 3.63) is 52.6 Å². The average molecular weight is 353 g/mol. The topological polar surface area (TPSA) is 90.2 Å².